The van der Waals surface area contributed by atoms with Gasteiger partial charge in [0.05, 0.1) is 0 Å². The van der Waals surface area contributed by atoms with E-state index in [4.69, 9.17) is 4.74 Å². The molecule has 1 nitrogen and oxygen atoms in total. The zero-order chi connectivity index (χ0) is 19.6. The average molecular weight is 390 g/mol. The van der Waals surface area contributed by atoms with Crippen molar-refractivity contribution in [2.24, 2.45) is 17.8 Å². The molecule has 2 aliphatic rings. The summed E-state index contributed by atoms with van der Waals surface area (Å²) in [6, 6.07) is 1.76. The SMILES string of the molecule is COCC1CCC(C2CCC(c3cc(F)c(C(F)(F)F)c(F)c3)CC2)CC1. The van der Waals surface area contributed by atoms with E-state index in [2.05, 4.69) is 0 Å². The number of benzene rings is 1. The Labute approximate surface area is 157 Å². The Balaban J connectivity index is 1.58. The highest BCUT2D eigenvalue weighted by atomic mass is 19.4. The maximum absolute atomic E-state index is 13.9. The molecule has 0 amide bonds. The molecule has 0 saturated heterocycles. The minimum atomic E-state index is -5.01. The van der Waals surface area contributed by atoms with Gasteiger partial charge in [0.1, 0.15) is 17.2 Å². The third-order valence-electron chi connectivity index (χ3n) is 6.55. The van der Waals surface area contributed by atoms with Gasteiger partial charge < -0.3 is 4.74 Å². The number of ether oxygens (including phenoxy) is 1. The third kappa shape index (κ3) is 4.82. The van der Waals surface area contributed by atoms with E-state index in [0.29, 0.717) is 23.3 Å². The first-order valence-corrected chi connectivity index (χ1v) is 9.84. The van der Waals surface area contributed by atoms with Crippen LogP contribution >= 0.6 is 0 Å². The summed E-state index contributed by atoms with van der Waals surface area (Å²) in [7, 11) is 1.74. The molecule has 0 radical (unpaired) electrons. The van der Waals surface area contributed by atoms with Crippen LogP contribution in [0.4, 0.5) is 22.0 Å². The van der Waals surface area contributed by atoms with Crippen LogP contribution in [-0.4, -0.2) is 13.7 Å². The van der Waals surface area contributed by atoms with Gasteiger partial charge in [0.15, 0.2) is 0 Å². The van der Waals surface area contributed by atoms with E-state index in [-0.39, 0.29) is 5.92 Å². The van der Waals surface area contributed by atoms with E-state index in [1.807, 2.05) is 0 Å². The first kappa shape index (κ1) is 20.6. The Morgan fingerprint density at radius 1 is 0.852 bits per heavy atom. The minimum Gasteiger partial charge on any atom is -0.384 e. The number of hydrogen-bond donors (Lipinski definition) is 0. The number of methoxy groups -OCH3 is 1. The highest BCUT2D eigenvalue weighted by Gasteiger charge is 2.39. The molecule has 2 aliphatic carbocycles. The molecular formula is C21H27F5O. The van der Waals surface area contributed by atoms with E-state index in [1.54, 1.807) is 7.11 Å². The van der Waals surface area contributed by atoms with Crippen LogP contribution in [0.15, 0.2) is 12.1 Å². The van der Waals surface area contributed by atoms with Gasteiger partial charge in [-0.25, -0.2) is 8.78 Å². The van der Waals surface area contributed by atoms with Crippen molar-refractivity contribution in [2.75, 3.05) is 13.7 Å². The van der Waals surface area contributed by atoms with Gasteiger partial charge in [0.2, 0.25) is 0 Å². The van der Waals surface area contributed by atoms with Gasteiger partial charge in [-0.3, -0.25) is 0 Å². The summed E-state index contributed by atoms with van der Waals surface area (Å²) in [6.07, 6.45) is 3.30. The van der Waals surface area contributed by atoms with Crippen molar-refractivity contribution in [3.63, 3.8) is 0 Å². The summed E-state index contributed by atoms with van der Waals surface area (Å²) in [4.78, 5) is 0. The number of rotatable bonds is 4. The predicted molar refractivity (Wildman–Crippen MR) is 93.4 cm³/mol. The van der Waals surface area contributed by atoms with Crippen molar-refractivity contribution in [2.45, 2.75) is 63.5 Å². The Morgan fingerprint density at radius 2 is 1.33 bits per heavy atom. The highest BCUT2D eigenvalue weighted by Crippen LogP contribution is 2.45. The fraction of sp³-hybridized carbons (Fsp3) is 0.714. The van der Waals surface area contributed by atoms with Crippen LogP contribution in [0.1, 0.15) is 68.4 Å². The zero-order valence-electron chi connectivity index (χ0n) is 15.6. The lowest BCUT2D eigenvalue weighted by molar-refractivity contribution is -0.142. The van der Waals surface area contributed by atoms with Gasteiger partial charge in [0.25, 0.3) is 0 Å². The number of hydrogen-bond acceptors (Lipinski definition) is 1. The predicted octanol–water partition coefficient (Wildman–Crippen LogP) is 6.71. The van der Waals surface area contributed by atoms with Gasteiger partial charge in [-0.2, -0.15) is 13.2 Å². The molecule has 0 spiro atoms. The summed E-state index contributed by atoms with van der Waals surface area (Å²) in [5, 5.41) is 0. The first-order chi connectivity index (χ1) is 12.8. The minimum absolute atomic E-state index is 0.0580. The molecule has 0 N–H and O–H groups in total. The molecule has 2 fully saturated rings. The molecule has 1 aromatic rings. The third-order valence-corrected chi connectivity index (χ3v) is 6.55. The van der Waals surface area contributed by atoms with Crippen molar-refractivity contribution in [3.05, 3.63) is 34.9 Å². The second-order valence-corrected chi connectivity index (χ2v) is 8.21. The van der Waals surface area contributed by atoms with Crippen LogP contribution < -0.4 is 0 Å². The van der Waals surface area contributed by atoms with Crippen molar-refractivity contribution in [1.82, 2.24) is 0 Å². The standard InChI is InChI=1S/C21H27F5O/c1-27-12-13-2-4-14(5-3-13)15-6-8-16(9-7-15)17-10-18(22)20(19(23)11-17)21(24,25)26/h10-11,13-16H,2-9,12H2,1H3. The molecule has 0 atom stereocenters. The molecule has 3 rings (SSSR count). The fourth-order valence-corrected chi connectivity index (χ4v) is 5.09. The van der Waals surface area contributed by atoms with Crippen LogP contribution in [0.3, 0.4) is 0 Å². The lowest BCUT2D eigenvalue weighted by Gasteiger charge is -2.38. The van der Waals surface area contributed by atoms with Crippen molar-refractivity contribution < 1.29 is 26.7 Å². The largest absolute Gasteiger partial charge is 0.422 e. The summed E-state index contributed by atoms with van der Waals surface area (Å²) in [5.41, 5.74) is -1.42. The fourth-order valence-electron chi connectivity index (χ4n) is 5.09. The van der Waals surface area contributed by atoms with E-state index in [1.165, 1.54) is 25.7 Å². The molecule has 6 heteroatoms. The second-order valence-electron chi connectivity index (χ2n) is 8.21. The van der Waals surface area contributed by atoms with Gasteiger partial charge in [-0.15, -0.1) is 0 Å². The Bertz CT molecular complexity index is 603. The maximum atomic E-state index is 13.9. The lowest BCUT2D eigenvalue weighted by atomic mass is 9.68. The summed E-state index contributed by atoms with van der Waals surface area (Å²) >= 11 is 0. The molecule has 27 heavy (non-hydrogen) atoms. The van der Waals surface area contributed by atoms with Crippen LogP contribution in [0.5, 0.6) is 0 Å². The van der Waals surface area contributed by atoms with E-state index >= 15 is 0 Å². The molecule has 0 bridgehead atoms. The Morgan fingerprint density at radius 3 is 1.78 bits per heavy atom. The number of alkyl halides is 3. The molecule has 152 valence electrons. The van der Waals surface area contributed by atoms with Crippen molar-refractivity contribution in [3.8, 4) is 0 Å². The van der Waals surface area contributed by atoms with Gasteiger partial charge in [0, 0.05) is 13.7 Å². The second kappa shape index (κ2) is 8.46. The molecular weight excluding hydrogens is 363 g/mol. The van der Waals surface area contributed by atoms with Crippen LogP contribution in [0.25, 0.3) is 0 Å². The summed E-state index contributed by atoms with van der Waals surface area (Å²) < 4.78 is 71.1. The summed E-state index contributed by atoms with van der Waals surface area (Å²) in [6.45, 7) is 0.824. The molecule has 0 unspecified atom stereocenters. The van der Waals surface area contributed by atoms with Crippen LogP contribution in [-0.2, 0) is 10.9 Å². The normalized spacial score (nSPS) is 29.7. The number of halogens is 5. The monoisotopic (exact) mass is 390 g/mol. The van der Waals surface area contributed by atoms with E-state index in [9.17, 15) is 22.0 Å². The maximum Gasteiger partial charge on any atom is 0.422 e. The smallest absolute Gasteiger partial charge is 0.384 e. The zero-order valence-corrected chi connectivity index (χ0v) is 15.6. The molecule has 2 saturated carbocycles. The van der Waals surface area contributed by atoms with Crippen molar-refractivity contribution >= 4 is 0 Å². The Hall–Kier alpha value is -1.17. The Kier molecular flexibility index (Phi) is 6.44. The molecule has 0 aromatic heterocycles. The molecule has 0 aliphatic heterocycles. The van der Waals surface area contributed by atoms with Gasteiger partial charge >= 0.3 is 6.18 Å². The quantitative estimate of drug-likeness (QED) is 0.519. The van der Waals surface area contributed by atoms with Gasteiger partial charge in [-0.05, 0) is 92.7 Å². The van der Waals surface area contributed by atoms with Gasteiger partial charge in [-0.1, -0.05) is 0 Å². The summed E-state index contributed by atoms with van der Waals surface area (Å²) in [5.74, 6) is -1.10. The first-order valence-electron chi connectivity index (χ1n) is 9.84. The van der Waals surface area contributed by atoms with E-state index in [0.717, 1.165) is 44.4 Å². The highest BCUT2D eigenvalue weighted by molar-refractivity contribution is 5.30. The molecule has 1 aromatic carbocycles. The average Bonchev–Trinajstić information content (AvgIpc) is 2.61. The van der Waals surface area contributed by atoms with Crippen LogP contribution in [0.2, 0.25) is 0 Å². The molecule has 0 heterocycles. The van der Waals surface area contributed by atoms with E-state index < -0.39 is 23.4 Å². The lowest BCUT2D eigenvalue weighted by Crippen LogP contribution is -2.26. The van der Waals surface area contributed by atoms with Crippen LogP contribution in [0, 0.1) is 29.4 Å². The van der Waals surface area contributed by atoms with Crippen molar-refractivity contribution in [1.29, 1.82) is 0 Å². The topological polar surface area (TPSA) is 9.23 Å².